The largest absolute Gasteiger partial charge is 0.366 e. The zero-order valence-electron chi connectivity index (χ0n) is 43.1. The van der Waals surface area contributed by atoms with E-state index in [1.54, 1.807) is 6.20 Å². The van der Waals surface area contributed by atoms with E-state index in [4.69, 9.17) is 9.97 Å². The number of carbonyl (C=O) groups excluding carboxylic acids is 5. The van der Waals surface area contributed by atoms with Gasteiger partial charge in [-0.3, -0.25) is 29.3 Å². The normalized spacial score (nSPS) is 25.6. The lowest BCUT2D eigenvalue weighted by molar-refractivity contribution is -0.149. The molecule has 1 atom stereocenters. The maximum atomic E-state index is 15.3. The third-order valence-corrected chi connectivity index (χ3v) is 18.5. The van der Waals surface area contributed by atoms with Crippen molar-refractivity contribution in [3.8, 4) is 11.3 Å². The Hall–Kier alpha value is -5.90. The monoisotopic (exact) mass is 992 g/mol. The summed E-state index contributed by atoms with van der Waals surface area (Å²) in [5, 5.41) is 6.14. The topological polar surface area (TPSA) is 169 Å². The number of fused-ring (bicyclic) bond motifs is 3. The summed E-state index contributed by atoms with van der Waals surface area (Å²) >= 11 is 0. The predicted octanol–water partition coefficient (Wildman–Crippen LogP) is 7.33. The van der Waals surface area contributed by atoms with Crippen LogP contribution in [0.5, 0.6) is 0 Å². The van der Waals surface area contributed by atoms with E-state index in [9.17, 15) is 19.2 Å². The lowest BCUT2D eigenvalue weighted by Gasteiger charge is -2.48. The zero-order chi connectivity index (χ0) is 50.2. The molecule has 1 aromatic carbocycles. The highest BCUT2D eigenvalue weighted by atomic mass is 16.2. The summed E-state index contributed by atoms with van der Waals surface area (Å²) in [5.41, 5.74) is 5.48. The highest BCUT2D eigenvalue weighted by molar-refractivity contribution is 6.09. The van der Waals surface area contributed by atoms with Gasteiger partial charge in [0.2, 0.25) is 29.5 Å². The molecule has 1 unspecified atom stereocenters. The van der Waals surface area contributed by atoms with Crippen LogP contribution in [-0.2, 0) is 29.4 Å². The smallest absolute Gasteiger partial charge is 0.238 e. The van der Waals surface area contributed by atoms with E-state index < -0.39 is 10.8 Å². The van der Waals surface area contributed by atoms with Crippen LogP contribution < -0.4 is 20.4 Å². The summed E-state index contributed by atoms with van der Waals surface area (Å²) in [7, 11) is 0. The molecular weight excluding hydrogens is 919 g/mol. The number of rotatable bonds is 11. The van der Waals surface area contributed by atoms with Crippen LogP contribution in [0.1, 0.15) is 147 Å². The number of nitrogens with zero attached hydrogens (tertiary/aromatic N) is 9. The van der Waals surface area contributed by atoms with Crippen molar-refractivity contribution in [3.05, 3.63) is 60.0 Å². The first-order chi connectivity index (χ1) is 35.3. The van der Waals surface area contributed by atoms with E-state index >= 15 is 4.79 Å². The second kappa shape index (κ2) is 19.1. The minimum Gasteiger partial charge on any atom is -0.366 e. The molecule has 1 spiro atoms. The van der Waals surface area contributed by atoms with Gasteiger partial charge >= 0.3 is 0 Å². The third kappa shape index (κ3) is 8.96. The summed E-state index contributed by atoms with van der Waals surface area (Å²) in [4.78, 5) is 93.5. The second-order valence-electron chi connectivity index (χ2n) is 23.6. The number of benzene rings is 1. The molecule has 7 fully saturated rings. The number of hydrogen-bond donors (Lipinski definition) is 2. The Morgan fingerprint density at radius 1 is 0.808 bits per heavy atom. The van der Waals surface area contributed by atoms with Gasteiger partial charge in [0.15, 0.2) is 5.82 Å². The van der Waals surface area contributed by atoms with E-state index in [0.29, 0.717) is 83.2 Å². The van der Waals surface area contributed by atoms with Crippen LogP contribution in [0, 0.1) is 11.3 Å². The van der Waals surface area contributed by atoms with E-state index in [1.807, 2.05) is 28.3 Å². The molecule has 5 saturated heterocycles. The molecule has 0 bridgehead atoms. The van der Waals surface area contributed by atoms with Crippen LogP contribution >= 0.6 is 0 Å². The number of hydrogen-bond acceptors (Lipinski definition) is 11. The molecule has 73 heavy (non-hydrogen) atoms. The van der Waals surface area contributed by atoms with Gasteiger partial charge in [-0.2, -0.15) is 0 Å². The van der Waals surface area contributed by atoms with Gasteiger partial charge in [-0.15, -0.1) is 0 Å². The molecule has 2 aliphatic carbocycles. The summed E-state index contributed by atoms with van der Waals surface area (Å²) in [6, 6.07) is 13.9. The lowest BCUT2D eigenvalue weighted by atomic mass is 9.72. The molecule has 4 aromatic rings. The highest BCUT2D eigenvalue weighted by Gasteiger charge is 2.56. The maximum Gasteiger partial charge on any atom is 0.238 e. The molecule has 6 aliphatic heterocycles. The van der Waals surface area contributed by atoms with Gasteiger partial charge in [-0.05, 0) is 146 Å². The van der Waals surface area contributed by atoms with Crippen LogP contribution in [0.3, 0.4) is 0 Å². The molecule has 0 radical (unpaired) electrons. The average Bonchev–Trinajstić information content (AvgIpc) is 4.06. The van der Waals surface area contributed by atoms with Gasteiger partial charge in [-0.1, -0.05) is 31.5 Å². The fraction of sp³-hybridized carbons (Fsp3) is 0.614. The van der Waals surface area contributed by atoms with E-state index in [1.165, 1.54) is 19.3 Å². The predicted molar refractivity (Wildman–Crippen MR) is 280 cm³/mol. The standard InChI is InChI=1S/C57H73N11O5/c1-36(2)67-35-59-46-33-45(61-52(51(46)67)60-40-9-10-40)38-7-12-44-47(30-38)68(42-31-41(32-42)63-21-5-4-6-22-63)55(73)57(44)19-27-66(28-20-57)54(72)56(3)17-25-65(26-18-56)50(70)29-37-15-23-64(24-16-37)48-13-8-39(34-58-48)43-11-14-49(69)62-53(43)71/h7-8,12-13,30,33-37,40-43H,4-6,9-11,14-29,31-32H2,1-3H3,(H,60,61)(H,62,69,71)/t41-,42+,43?. The molecule has 5 amide bonds. The van der Waals surface area contributed by atoms with Crippen LogP contribution in [0.4, 0.5) is 17.3 Å². The third-order valence-electron chi connectivity index (χ3n) is 18.5. The van der Waals surface area contributed by atoms with Crippen molar-refractivity contribution in [1.29, 1.82) is 0 Å². The minimum absolute atomic E-state index is 0.145. The molecule has 16 nitrogen and oxygen atoms in total. The van der Waals surface area contributed by atoms with Crippen molar-refractivity contribution >= 4 is 57.9 Å². The Labute approximate surface area is 429 Å². The minimum atomic E-state index is -0.682. The number of pyridine rings is 2. The lowest BCUT2D eigenvalue weighted by Crippen LogP contribution is -2.59. The Morgan fingerprint density at radius 3 is 2.23 bits per heavy atom. The molecule has 8 aliphatic rings. The molecule has 3 aromatic heterocycles. The van der Waals surface area contributed by atoms with E-state index in [0.717, 1.165) is 115 Å². The van der Waals surface area contributed by atoms with Crippen LogP contribution in [-0.4, -0.2) is 134 Å². The summed E-state index contributed by atoms with van der Waals surface area (Å²) in [5.74, 6) is 1.72. The number of imidazole rings is 1. The summed E-state index contributed by atoms with van der Waals surface area (Å²) in [6.45, 7) is 12.6. The molecule has 2 saturated carbocycles. The van der Waals surface area contributed by atoms with Gasteiger partial charge in [0.05, 0.1) is 28.9 Å². The van der Waals surface area contributed by atoms with Crippen molar-refractivity contribution < 1.29 is 24.0 Å². The summed E-state index contributed by atoms with van der Waals surface area (Å²) in [6.07, 6.45) is 17.3. The Morgan fingerprint density at radius 2 is 1.55 bits per heavy atom. The first-order valence-corrected chi connectivity index (χ1v) is 27.8. The SMILES string of the molecule is CC(C)n1cnc2cc(-c3ccc4c(c3)N([C@H]3C[C@@H](N5CCCCC5)C3)C(=O)C43CCN(C(=O)C4(C)CCN(C(=O)CC5CCN(c6ccc(C7CCC(=O)NC7=O)cn6)CC5)CC4)CC3)nc(NC3CC3)c21. The highest BCUT2D eigenvalue weighted by Crippen LogP contribution is 2.53. The number of likely N-dealkylation sites (tertiary alicyclic amines) is 3. The molecule has 12 rings (SSSR count). The van der Waals surface area contributed by atoms with Crippen molar-refractivity contribution in [2.45, 2.75) is 159 Å². The van der Waals surface area contributed by atoms with Crippen molar-refractivity contribution in [3.63, 3.8) is 0 Å². The fourth-order valence-electron chi connectivity index (χ4n) is 13.5. The van der Waals surface area contributed by atoms with Gasteiger partial charge in [0.1, 0.15) is 11.3 Å². The Bertz CT molecular complexity index is 2790. The van der Waals surface area contributed by atoms with Gasteiger partial charge < -0.3 is 34.4 Å². The number of imide groups is 1. The number of amides is 5. The molecule has 16 heteroatoms. The quantitative estimate of drug-likeness (QED) is 0.144. The number of nitrogens with one attached hydrogen (secondary N) is 2. The Balaban J connectivity index is 0.689. The summed E-state index contributed by atoms with van der Waals surface area (Å²) < 4.78 is 2.20. The number of aromatic nitrogens is 4. The van der Waals surface area contributed by atoms with Gasteiger partial charge in [0.25, 0.3) is 0 Å². The second-order valence-corrected chi connectivity index (χ2v) is 23.6. The maximum absolute atomic E-state index is 15.3. The van der Waals surface area contributed by atoms with Crippen molar-refractivity contribution in [2.24, 2.45) is 11.3 Å². The van der Waals surface area contributed by atoms with Crippen molar-refractivity contribution in [2.75, 3.05) is 67.5 Å². The van der Waals surface area contributed by atoms with Gasteiger partial charge in [-0.25, -0.2) is 15.0 Å². The fourth-order valence-corrected chi connectivity index (χ4v) is 13.5. The molecule has 9 heterocycles. The first-order valence-electron chi connectivity index (χ1n) is 27.8. The molecule has 386 valence electrons. The zero-order valence-corrected chi connectivity index (χ0v) is 43.1. The van der Waals surface area contributed by atoms with Crippen LogP contribution in [0.25, 0.3) is 22.3 Å². The van der Waals surface area contributed by atoms with Gasteiger partial charge in [0, 0.05) is 99.1 Å². The number of anilines is 3. The first kappa shape index (κ1) is 48.1. The molecule has 2 N–H and O–H groups in total. The Kier molecular flexibility index (Phi) is 12.6. The molecular formula is C57H73N11O5. The average molecular weight is 992 g/mol. The van der Waals surface area contributed by atoms with E-state index in [2.05, 4.69) is 79.9 Å². The van der Waals surface area contributed by atoms with E-state index in [-0.39, 0.29) is 53.5 Å². The van der Waals surface area contributed by atoms with Crippen LogP contribution in [0.15, 0.2) is 48.9 Å². The van der Waals surface area contributed by atoms with Crippen molar-refractivity contribution in [1.82, 2.24) is 39.5 Å². The van der Waals surface area contributed by atoms with Crippen LogP contribution in [0.2, 0.25) is 0 Å². The number of carbonyl (C=O) groups is 5. The number of piperidine rings is 5.